The molecule has 0 saturated carbocycles. The normalized spacial score (nSPS) is 15.2. The van der Waals surface area contributed by atoms with Crippen LogP contribution < -0.4 is 25.7 Å². The van der Waals surface area contributed by atoms with Gasteiger partial charge in [-0.15, -0.1) is 0 Å². The second-order valence-electron chi connectivity index (χ2n) is 13.1. The van der Waals surface area contributed by atoms with E-state index in [9.17, 15) is 0 Å². The molecule has 0 amide bonds. The zero-order valence-electron chi connectivity index (χ0n) is 28.9. The maximum atomic E-state index is 6.02. The van der Waals surface area contributed by atoms with Crippen LogP contribution in [0, 0.1) is 0 Å². The van der Waals surface area contributed by atoms with Crippen LogP contribution in [0.1, 0.15) is 22.6 Å². The zero-order valence-corrected chi connectivity index (χ0v) is 29.8. The molecule has 6 heteroatoms. The average molecular weight is 690 g/mol. The van der Waals surface area contributed by atoms with Gasteiger partial charge in [0.25, 0.3) is 0 Å². The summed E-state index contributed by atoms with van der Waals surface area (Å²) in [6.07, 6.45) is 0. The molecule has 0 atom stereocenters. The Morgan fingerprint density at radius 3 is 1.22 bits per heavy atom. The van der Waals surface area contributed by atoms with Crippen molar-refractivity contribution in [2.45, 2.75) is 5.92 Å². The standard InChI is InChI=1S/C45H44N3O2P/c1-4-12-40(13-5-1)51(41-14-6-2-7-15-41,42-16-8-3-9-17-42)46-44-19-11-10-18-43(44)45(36-20-24-38(25-21-36)47-28-32-49-33-29-47)37-22-26-39(27-23-37)48-30-34-50-35-31-48/h1-27,45H,28-35H2. The Morgan fingerprint density at radius 2 is 0.804 bits per heavy atom. The largest absolute Gasteiger partial charge is 0.378 e. The minimum atomic E-state index is -2.49. The lowest BCUT2D eigenvalue weighted by atomic mass is 9.84. The van der Waals surface area contributed by atoms with Gasteiger partial charge in [0.1, 0.15) is 0 Å². The molecule has 2 aliphatic heterocycles. The van der Waals surface area contributed by atoms with E-state index in [1.165, 1.54) is 44.0 Å². The smallest absolute Gasteiger partial charge is 0.0666 e. The summed E-state index contributed by atoms with van der Waals surface area (Å²) < 4.78 is 17.3. The van der Waals surface area contributed by atoms with Gasteiger partial charge in [-0.05, 0) is 47.0 Å². The zero-order chi connectivity index (χ0) is 34.3. The summed E-state index contributed by atoms with van der Waals surface area (Å²) in [7, 11) is -2.49. The lowest BCUT2D eigenvalue weighted by Gasteiger charge is -2.30. The third kappa shape index (κ3) is 7.03. The van der Waals surface area contributed by atoms with E-state index in [4.69, 9.17) is 14.2 Å². The van der Waals surface area contributed by atoms with E-state index in [1.54, 1.807) is 0 Å². The van der Waals surface area contributed by atoms with Crippen molar-refractivity contribution in [1.82, 2.24) is 0 Å². The number of hydrogen-bond donors (Lipinski definition) is 0. The first-order valence-electron chi connectivity index (χ1n) is 18.0. The van der Waals surface area contributed by atoms with Crippen molar-refractivity contribution in [3.63, 3.8) is 0 Å². The SMILES string of the molecule is c1ccc(P(=Nc2ccccc2C(c2ccc(N3CCOCC3)cc2)c2ccc(N3CCOCC3)cc2)(c2ccccc2)c2ccccc2)cc1. The van der Waals surface area contributed by atoms with Crippen molar-refractivity contribution < 1.29 is 9.47 Å². The second-order valence-corrected chi connectivity index (χ2v) is 16.1. The van der Waals surface area contributed by atoms with Gasteiger partial charge in [0, 0.05) is 59.4 Å². The first kappa shape index (κ1) is 33.2. The lowest BCUT2D eigenvalue weighted by molar-refractivity contribution is 0.122. The molecule has 2 heterocycles. The van der Waals surface area contributed by atoms with Gasteiger partial charge in [0.15, 0.2) is 0 Å². The Hall–Kier alpha value is -4.93. The van der Waals surface area contributed by atoms with Crippen LogP contribution in [0.2, 0.25) is 0 Å². The maximum absolute atomic E-state index is 6.02. The predicted octanol–water partition coefficient (Wildman–Crippen LogP) is 8.35. The molecule has 2 fully saturated rings. The Bertz CT molecular complexity index is 1890. The summed E-state index contributed by atoms with van der Waals surface area (Å²) in [5.41, 5.74) is 7.19. The van der Waals surface area contributed by atoms with Crippen molar-refractivity contribution in [3.8, 4) is 0 Å². The highest BCUT2D eigenvalue weighted by Crippen LogP contribution is 2.51. The fourth-order valence-corrected chi connectivity index (χ4v) is 11.0. The van der Waals surface area contributed by atoms with Crippen molar-refractivity contribution in [2.24, 2.45) is 4.74 Å². The van der Waals surface area contributed by atoms with E-state index >= 15 is 0 Å². The van der Waals surface area contributed by atoms with Crippen LogP contribution in [0.3, 0.4) is 0 Å². The molecule has 2 saturated heterocycles. The minimum absolute atomic E-state index is 0.0216. The van der Waals surface area contributed by atoms with Gasteiger partial charge in [-0.1, -0.05) is 133 Å². The van der Waals surface area contributed by atoms with Crippen LogP contribution in [0.25, 0.3) is 0 Å². The fourth-order valence-electron chi connectivity index (χ4n) is 7.49. The number of morpholine rings is 2. The molecule has 6 aromatic rings. The Kier molecular flexibility index (Phi) is 10.1. The molecule has 256 valence electrons. The molecule has 0 radical (unpaired) electrons. The van der Waals surface area contributed by atoms with Gasteiger partial charge in [-0.3, -0.25) is 4.74 Å². The monoisotopic (exact) mass is 689 g/mol. The Labute approximate surface area is 302 Å². The van der Waals surface area contributed by atoms with Crippen LogP contribution >= 0.6 is 7.05 Å². The number of anilines is 2. The summed E-state index contributed by atoms with van der Waals surface area (Å²) in [5.74, 6) is -0.0216. The molecule has 51 heavy (non-hydrogen) atoms. The molecule has 0 spiro atoms. The van der Waals surface area contributed by atoms with E-state index < -0.39 is 7.05 Å². The van der Waals surface area contributed by atoms with E-state index in [-0.39, 0.29) is 5.92 Å². The average Bonchev–Trinajstić information content (AvgIpc) is 3.23. The first-order chi connectivity index (χ1) is 25.3. The van der Waals surface area contributed by atoms with Gasteiger partial charge in [-0.25, -0.2) is 0 Å². The maximum Gasteiger partial charge on any atom is 0.0666 e. The minimum Gasteiger partial charge on any atom is -0.378 e. The quantitative estimate of drug-likeness (QED) is 0.113. The Balaban J connectivity index is 1.32. The highest BCUT2D eigenvalue weighted by Gasteiger charge is 2.29. The topological polar surface area (TPSA) is 37.3 Å². The highest BCUT2D eigenvalue weighted by molar-refractivity contribution is 7.87. The second kappa shape index (κ2) is 15.5. The third-order valence-electron chi connectivity index (χ3n) is 10.1. The summed E-state index contributed by atoms with van der Waals surface area (Å²) in [4.78, 5) is 4.84. The summed E-state index contributed by atoms with van der Waals surface area (Å²) in [5, 5.41) is 3.70. The molecule has 0 aliphatic carbocycles. The van der Waals surface area contributed by atoms with Crippen LogP contribution in [-0.2, 0) is 9.47 Å². The van der Waals surface area contributed by atoms with E-state index in [0.29, 0.717) is 0 Å². The molecule has 5 nitrogen and oxygen atoms in total. The number of benzene rings is 6. The third-order valence-corrected chi connectivity index (χ3v) is 13.8. The molecule has 6 aromatic carbocycles. The number of hydrogen-bond acceptors (Lipinski definition) is 5. The molecule has 0 aromatic heterocycles. The highest BCUT2D eigenvalue weighted by atomic mass is 31.2. The van der Waals surface area contributed by atoms with E-state index in [0.717, 1.165) is 58.3 Å². The van der Waals surface area contributed by atoms with Crippen molar-refractivity contribution in [2.75, 3.05) is 62.4 Å². The van der Waals surface area contributed by atoms with Crippen molar-refractivity contribution in [3.05, 3.63) is 180 Å². The van der Waals surface area contributed by atoms with Gasteiger partial charge in [0.2, 0.25) is 0 Å². The molecule has 2 aliphatic rings. The summed E-state index contributed by atoms with van der Waals surface area (Å²) in [6, 6.07) is 59.9. The van der Waals surface area contributed by atoms with E-state index in [2.05, 4.69) is 174 Å². The number of ether oxygens (including phenoxy) is 2. The fraction of sp³-hybridized carbons (Fsp3) is 0.200. The lowest BCUT2D eigenvalue weighted by Crippen LogP contribution is -2.36. The number of nitrogens with zero attached hydrogens (tertiary/aromatic N) is 3. The van der Waals surface area contributed by atoms with E-state index in [1.807, 2.05) is 0 Å². The van der Waals surface area contributed by atoms with Gasteiger partial charge in [0.05, 0.1) is 39.2 Å². The summed E-state index contributed by atoms with van der Waals surface area (Å²) in [6.45, 7) is 6.73. The first-order valence-corrected chi connectivity index (χ1v) is 19.8. The van der Waals surface area contributed by atoms with Crippen molar-refractivity contribution >= 4 is 40.0 Å². The molecule has 0 unspecified atom stereocenters. The van der Waals surface area contributed by atoms with Gasteiger partial charge >= 0.3 is 0 Å². The van der Waals surface area contributed by atoms with Crippen LogP contribution in [0.5, 0.6) is 0 Å². The van der Waals surface area contributed by atoms with Gasteiger partial charge in [-0.2, -0.15) is 0 Å². The molecular weight excluding hydrogens is 645 g/mol. The molecule has 0 bridgehead atoms. The van der Waals surface area contributed by atoms with Gasteiger partial charge < -0.3 is 19.3 Å². The van der Waals surface area contributed by atoms with Crippen LogP contribution in [0.15, 0.2) is 169 Å². The predicted molar refractivity (Wildman–Crippen MR) is 214 cm³/mol. The number of rotatable bonds is 9. The Morgan fingerprint density at radius 1 is 0.431 bits per heavy atom. The molecule has 8 rings (SSSR count). The summed E-state index contributed by atoms with van der Waals surface area (Å²) >= 11 is 0. The van der Waals surface area contributed by atoms with Crippen molar-refractivity contribution in [1.29, 1.82) is 0 Å². The molecule has 0 N–H and O–H groups in total. The van der Waals surface area contributed by atoms with Crippen LogP contribution in [0.4, 0.5) is 17.1 Å². The van der Waals surface area contributed by atoms with Crippen LogP contribution in [-0.4, -0.2) is 52.6 Å². The molecular formula is C45H44N3O2P.